The quantitative estimate of drug-likeness (QED) is 0.436. The molecule has 27 heavy (non-hydrogen) atoms. The Kier molecular flexibility index (Phi) is 5.08. The van der Waals surface area contributed by atoms with E-state index in [4.69, 9.17) is 11.6 Å². The molecule has 0 unspecified atom stereocenters. The number of nitrogens with zero attached hydrogens (tertiary/aromatic N) is 4. The third-order valence-electron chi connectivity index (χ3n) is 3.98. The Morgan fingerprint density at radius 1 is 1.15 bits per heavy atom. The van der Waals surface area contributed by atoms with Gasteiger partial charge in [0.1, 0.15) is 0 Å². The van der Waals surface area contributed by atoms with Gasteiger partial charge in [-0.15, -0.1) is 10.2 Å². The van der Waals surface area contributed by atoms with E-state index in [0.717, 1.165) is 21.1 Å². The fourth-order valence-electron chi connectivity index (χ4n) is 2.87. The highest BCUT2D eigenvalue weighted by Crippen LogP contribution is 2.27. The summed E-state index contributed by atoms with van der Waals surface area (Å²) in [6.45, 7) is 4.57. The molecule has 0 saturated carbocycles. The van der Waals surface area contributed by atoms with Gasteiger partial charge in [0.25, 0.3) is 0 Å². The number of thiazole rings is 1. The van der Waals surface area contributed by atoms with Crippen LogP contribution in [0.5, 0.6) is 0 Å². The van der Waals surface area contributed by atoms with E-state index in [9.17, 15) is 4.79 Å². The summed E-state index contributed by atoms with van der Waals surface area (Å²) in [4.78, 5) is 12.5. The zero-order chi connectivity index (χ0) is 19.0. The van der Waals surface area contributed by atoms with E-state index in [1.54, 1.807) is 16.3 Å². The van der Waals surface area contributed by atoms with Gasteiger partial charge in [-0.3, -0.25) is 13.9 Å². The Hall–Kier alpha value is -2.09. The zero-order valence-corrected chi connectivity index (χ0v) is 17.2. The molecule has 4 rings (SSSR count). The van der Waals surface area contributed by atoms with Gasteiger partial charge in [-0.2, -0.15) is 0 Å². The van der Waals surface area contributed by atoms with Gasteiger partial charge >= 0.3 is 4.87 Å². The van der Waals surface area contributed by atoms with Crippen molar-refractivity contribution >= 4 is 44.9 Å². The van der Waals surface area contributed by atoms with Crippen LogP contribution in [0, 0.1) is 0 Å². The summed E-state index contributed by atoms with van der Waals surface area (Å²) < 4.78 is 4.69. The van der Waals surface area contributed by atoms with Gasteiger partial charge in [0.05, 0.1) is 22.4 Å². The normalized spacial score (nSPS) is 11.6. The second-order valence-electron chi connectivity index (χ2n) is 6.30. The molecule has 0 bridgehead atoms. The lowest BCUT2D eigenvalue weighted by Crippen LogP contribution is -2.17. The maximum absolute atomic E-state index is 12.5. The van der Waals surface area contributed by atoms with Crippen molar-refractivity contribution in [1.29, 1.82) is 0 Å². The molecule has 0 aliphatic heterocycles. The number of hydrogen-bond acceptors (Lipinski definition) is 5. The van der Waals surface area contributed by atoms with Gasteiger partial charge in [-0.25, -0.2) is 0 Å². The second-order valence-corrected chi connectivity index (χ2v) is 9.28. The predicted molar refractivity (Wildman–Crippen MR) is 113 cm³/mol. The van der Waals surface area contributed by atoms with Crippen LogP contribution in [0.15, 0.2) is 58.5 Å². The molecular formula is C19H17ClN4OS2. The van der Waals surface area contributed by atoms with Crippen LogP contribution in [0.25, 0.3) is 15.9 Å². The first kappa shape index (κ1) is 18.3. The van der Waals surface area contributed by atoms with Crippen molar-refractivity contribution in [3.8, 4) is 5.69 Å². The molecule has 0 N–H and O–H groups in total. The van der Waals surface area contributed by atoms with Crippen molar-refractivity contribution in [3.63, 3.8) is 0 Å². The molecule has 4 aromatic rings. The predicted octanol–water partition coefficient (Wildman–Crippen LogP) is 4.85. The molecule has 0 radical (unpaired) electrons. The molecule has 0 spiro atoms. The number of halogens is 1. The molecule has 0 atom stereocenters. The molecule has 0 aliphatic rings. The SMILES string of the molecule is CC(C)Sc1nnc(Cn2c(=O)sc3ccccc32)n1-c1cccc(Cl)c1. The van der Waals surface area contributed by atoms with Gasteiger partial charge in [0, 0.05) is 10.3 Å². The first-order chi connectivity index (χ1) is 13.0. The first-order valence-electron chi connectivity index (χ1n) is 8.48. The maximum Gasteiger partial charge on any atom is 0.308 e. The van der Waals surface area contributed by atoms with E-state index in [-0.39, 0.29) is 4.87 Å². The highest BCUT2D eigenvalue weighted by atomic mass is 35.5. The van der Waals surface area contributed by atoms with Crippen LogP contribution >= 0.6 is 34.7 Å². The summed E-state index contributed by atoms with van der Waals surface area (Å²) in [7, 11) is 0. The van der Waals surface area contributed by atoms with Crippen molar-refractivity contribution < 1.29 is 0 Å². The molecule has 8 heteroatoms. The fourth-order valence-corrected chi connectivity index (χ4v) is 4.77. The Morgan fingerprint density at radius 3 is 2.74 bits per heavy atom. The Labute approximate surface area is 169 Å². The number of hydrogen-bond donors (Lipinski definition) is 0. The van der Waals surface area contributed by atoms with Crippen LogP contribution in [0.4, 0.5) is 0 Å². The molecule has 138 valence electrons. The number of benzene rings is 2. The fraction of sp³-hybridized carbons (Fsp3) is 0.211. The van der Waals surface area contributed by atoms with Crippen molar-refractivity contribution in [1.82, 2.24) is 19.3 Å². The smallest absolute Gasteiger partial charge is 0.291 e. The van der Waals surface area contributed by atoms with Crippen LogP contribution in [-0.2, 0) is 6.54 Å². The molecule has 0 aliphatic carbocycles. The van der Waals surface area contributed by atoms with Crippen molar-refractivity contribution in [3.05, 3.63) is 69.0 Å². The van der Waals surface area contributed by atoms with E-state index >= 15 is 0 Å². The van der Waals surface area contributed by atoms with Crippen LogP contribution in [0.3, 0.4) is 0 Å². The molecule has 5 nitrogen and oxygen atoms in total. The van der Waals surface area contributed by atoms with E-state index in [2.05, 4.69) is 24.0 Å². The van der Waals surface area contributed by atoms with Gasteiger partial charge in [-0.05, 0) is 30.3 Å². The number of para-hydroxylation sites is 1. The van der Waals surface area contributed by atoms with Gasteiger partial charge in [0.2, 0.25) is 0 Å². The van der Waals surface area contributed by atoms with Crippen LogP contribution < -0.4 is 4.87 Å². The summed E-state index contributed by atoms with van der Waals surface area (Å²) in [5, 5.41) is 10.5. The van der Waals surface area contributed by atoms with Crippen molar-refractivity contribution in [2.24, 2.45) is 0 Å². The molecule has 2 aromatic heterocycles. The van der Waals surface area contributed by atoms with Crippen molar-refractivity contribution in [2.75, 3.05) is 0 Å². The third-order valence-corrected chi connectivity index (χ3v) is 6.12. The number of aromatic nitrogens is 4. The first-order valence-corrected chi connectivity index (χ1v) is 10.6. The van der Waals surface area contributed by atoms with Crippen LogP contribution in [0.2, 0.25) is 5.02 Å². The topological polar surface area (TPSA) is 52.7 Å². The van der Waals surface area contributed by atoms with Crippen LogP contribution in [-0.4, -0.2) is 24.6 Å². The van der Waals surface area contributed by atoms with E-state index in [1.165, 1.54) is 11.3 Å². The van der Waals surface area contributed by atoms with Crippen LogP contribution in [0.1, 0.15) is 19.7 Å². The lowest BCUT2D eigenvalue weighted by atomic mass is 10.3. The lowest BCUT2D eigenvalue weighted by Gasteiger charge is -2.12. The monoisotopic (exact) mass is 416 g/mol. The maximum atomic E-state index is 12.5. The van der Waals surface area contributed by atoms with Gasteiger partial charge in [0.15, 0.2) is 11.0 Å². The summed E-state index contributed by atoms with van der Waals surface area (Å²) in [5.74, 6) is 0.700. The average Bonchev–Trinajstić information content (AvgIpc) is 3.16. The average molecular weight is 417 g/mol. The van der Waals surface area contributed by atoms with E-state index in [1.807, 2.05) is 53.1 Å². The molecule has 2 heterocycles. The Morgan fingerprint density at radius 2 is 1.96 bits per heavy atom. The molecule has 2 aromatic carbocycles. The summed E-state index contributed by atoms with van der Waals surface area (Å²) in [6.07, 6.45) is 0. The Balaban J connectivity index is 1.84. The minimum atomic E-state index is -0.00472. The summed E-state index contributed by atoms with van der Waals surface area (Å²) >= 11 is 9.08. The Bertz CT molecular complexity index is 1160. The minimum Gasteiger partial charge on any atom is -0.291 e. The minimum absolute atomic E-state index is 0.00472. The highest BCUT2D eigenvalue weighted by Gasteiger charge is 2.18. The molecular weight excluding hydrogens is 400 g/mol. The third kappa shape index (κ3) is 3.67. The standard InChI is InChI=1S/C19H17ClN4OS2/c1-12(2)26-18-22-21-17(24(18)14-7-5-6-13(20)10-14)11-23-15-8-3-4-9-16(15)27-19(23)25/h3-10,12H,11H2,1-2H3. The van der Waals surface area contributed by atoms with E-state index < -0.39 is 0 Å². The number of thioether (sulfide) groups is 1. The summed E-state index contributed by atoms with van der Waals surface area (Å²) in [5.41, 5.74) is 1.80. The second kappa shape index (κ2) is 7.50. The number of fused-ring (bicyclic) bond motifs is 1. The largest absolute Gasteiger partial charge is 0.308 e. The van der Waals surface area contributed by atoms with Gasteiger partial charge in [-0.1, -0.05) is 66.7 Å². The lowest BCUT2D eigenvalue weighted by molar-refractivity contribution is 0.725. The zero-order valence-electron chi connectivity index (χ0n) is 14.8. The highest BCUT2D eigenvalue weighted by molar-refractivity contribution is 7.99. The van der Waals surface area contributed by atoms with Crippen molar-refractivity contribution in [2.45, 2.75) is 30.8 Å². The molecule has 0 fully saturated rings. The van der Waals surface area contributed by atoms with Gasteiger partial charge < -0.3 is 0 Å². The molecule has 0 saturated heterocycles. The number of rotatable bonds is 5. The summed E-state index contributed by atoms with van der Waals surface area (Å²) in [6, 6.07) is 15.4. The molecule has 0 amide bonds. The van der Waals surface area contributed by atoms with E-state index in [0.29, 0.717) is 22.6 Å².